The normalized spacial score (nSPS) is 19.0. The van der Waals surface area contributed by atoms with E-state index in [0.29, 0.717) is 12.0 Å². The molecule has 1 nitrogen and oxygen atoms in total. The van der Waals surface area contributed by atoms with Crippen LogP contribution in [0.3, 0.4) is 0 Å². The average Bonchev–Trinajstić information content (AvgIpc) is 2.76. The third-order valence-electron chi connectivity index (χ3n) is 5.94. The Morgan fingerprint density at radius 3 is 2.32 bits per heavy atom. The van der Waals surface area contributed by atoms with Crippen LogP contribution >= 0.6 is 0 Å². The van der Waals surface area contributed by atoms with E-state index in [-0.39, 0.29) is 0 Å². The Balaban J connectivity index is 1.40. The van der Waals surface area contributed by atoms with Gasteiger partial charge in [-0.3, -0.25) is 0 Å². The van der Waals surface area contributed by atoms with Gasteiger partial charge in [0.2, 0.25) is 0 Å². The van der Waals surface area contributed by atoms with E-state index in [0.717, 1.165) is 18.5 Å². The molecule has 0 amide bonds. The molecule has 1 aliphatic carbocycles. The summed E-state index contributed by atoms with van der Waals surface area (Å²) in [5, 5.41) is 3.74. The van der Waals surface area contributed by atoms with Crippen LogP contribution in [0.2, 0.25) is 0 Å². The fourth-order valence-corrected chi connectivity index (χ4v) is 4.13. The largest absolute Gasteiger partial charge is 0.310 e. The minimum absolute atomic E-state index is 0.661. The molecule has 1 fully saturated rings. The van der Waals surface area contributed by atoms with E-state index in [2.05, 4.69) is 78.7 Å². The van der Waals surface area contributed by atoms with Crippen molar-refractivity contribution in [2.75, 3.05) is 0 Å². The van der Waals surface area contributed by atoms with E-state index >= 15 is 0 Å². The molecule has 2 aromatic carbocycles. The van der Waals surface area contributed by atoms with Gasteiger partial charge in [-0.25, -0.2) is 0 Å². The second-order valence-electron chi connectivity index (χ2n) is 8.15. The molecule has 1 aliphatic rings. The van der Waals surface area contributed by atoms with Gasteiger partial charge in [0.05, 0.1) is 0 Å². The maximum atomic E-state index is 3.74. The van der Waals surface area contributed by atoms with Crippen LogP contribution in [0.25, 0.3) is 0 Å². The van der Waals surface area contributed by atoms with Crippen LogP contribution in [-0.4, -0.2) is 6.04 Å². The summed E-state index contributed by atoms with van der Waals surface area (Å²) in [6, 6.07) is 20.4. The minimum Gasteiger partial charge on any atom is -0.310 e. The first-order valence-corrected chi connectivity index (χ1v) is 11.2. The van der Waals surface area contributed by atoms with E-state index in [9.17, 15) is 0 Å². The standard InChI is InChI=1S/C27H35N/c1-2-3-4-5-6-8-11-23-14-16-25(17-15-23)26-18-20-27(21-19-26)28-22-24-12-9-7-10-13-24/h7,9-10,12-17,26-28H,2-6,18-22H2,1H3/t26-,27-. The number of rotatable bonds is 8. The van der Waals surface area contributed by atoms with Crippen LogP contribution in [-0.2, 0) is 6.54 Å². The van der Waals surface area contributed by atoms with E-state index in [1.807, 2.05) is 0 Å². The average molecular weight is 374 g/mol. The molecule has 0 saturated heterocycles. The Hall–Kier alpha value is -2.04. The molecule has 148 valence electrons. The molecule has 0 unspecified atom stereocenters. The molecule has 1 N–H and O–H groups in total. The monoisotopic (exact) mass is 373 g/mol. The molecule has 1 saturated carbocycles. The zero-order valence-corrected chi connectivity index (χ0v) is 17.4. The molecule has 0 atom stereocenters. The molecule has 0 heterocycles. The van der Waals surface area contributed by atoms with E-state index in [1.54, 1.807) is 0 Å². The summed E-state index contributed by atoms with van der Waals surface area (Å²) in [5.74, 6) is 7.38. The maximum absolute atomic E-state index is 3.74. The molecular weight excluding hydrogens is 338 g/mol. The van der Waals surface area contributed by atoms with Crippen molar-refractivity contribution in [3.63, 3.8) is 0 Å². The maximum Gasteiger partial charge on any atom is 0.0245 e. The van der Waals surface area contributed by atoms with Crippen molar-refractivity contribution in [3.05, 3.63) is 71.3 Å². The third-order valence-corrected chi connectivity index (χ3v) is 5.94. The Morgan fingerprint density at radius 1 is 0.857 bits per heavy atom. The quantitative estimate of drug-likeness (QED) is 0.395. The fourth-order valence-electron chi connectivity index (χ4n) is 4.13. The molecule has 1 heteroatoms. The number of benzene rings is 2. The summed E-state index contributed by atoms with van der Waals surface area (Å²) >= 11 is 0. The number of nitrogens with one attached hydrogen (secondary N) is 1. The van der Waals surface area contributed by atoms with Crippen molar-refractivity contribution in [2.45, 2.75) is 83.2 Å². The molecule has 0 spiro atoms. The lowest BCUT2D eigenvalue weighted by Gasteiger charge is -2.29. The first kappa shape index (κ1) is 20.7. The predicted octanol–water partition coefficient (Wildman–Crippen LogP) is 6.82. The van der Waals surface area contributed by atoms with Crippen molar-refractivity contribution >= 4 is 0 Å². The smallest absolute Gasteiger partial charge is 0.0245 e. The lowest BCUT2D eigenvalue weighted by Crippen LogP contribution is -2.32. The SMILES string of the molecule is CCCCCCC#Cc1ccc([C@H]2CC[C@H](NCc3ccccc3)CC2)cc1. The Bertz CT molecular complexity index is 727. The highest BCUT2D eigenvalue weighted by Gasteiger charge is 2.21. The van der Waals surface area contributed by atoms with Crippen LogP contribution < -0.4 is 5.32 Å². The summed E-state index contributed by atoms with van der Waals surface area (Å²) < 4.78 is 0. The summed E-state index contributed by atoms with van der Waals surface area (Å²) in [4.78, 5) is 0. The highest BCUT2D eigenvalue weighted by molar-refractivity contribution is 5.37. The van der Waals surface area contributed by atoms with Crippen molar-refractivity contribution in [1.29, 1.82) is 0 Å². The Labute approximate surface area is 172 Å². The third kappa shape index (κ3) is 6.84. The first-order chi connectivity index (χ1) is 13.8. The summed E-state index contributed by atoms with van der Waals surface area (Å²) in [5.41, 5.74) is 4.04. The molecule has 2 aromatic rings. The number of hydrogen-bond acceptors (Lipinski definition) is 1. The van der Waals surface area contributed by atoms with Gasteiger partial charge in [-0.2, -0.15) is 0 Å². The number of hydrogen-bond donors (Lipinski definition) is 1. The van der Waals surface area contributed by atoms with Crippen molar-refractivity contribution in [1.82, 2.24) is 5.32 Å². The van der Waals surface area contributed by atoms with Crippen LogP contribution in [0.5, 0.6) is 0 Å². The Kier molecular flexibility index (Phi) is 8.66. The van der Waals surface area contributed by atoms with Gasteiger partial charge in [0, 0.05) is 24.6 Å². The van der Waals surface area contributed by atoms with Crippen molar-refractivity contribution < 1.29 is 0 Å². The Morgan fingerprint density at radius 2 is 1.61 bits per heavy atom. The van der Waals surface area contributed by atoms with Gasteiger partial charge in [-0.1, -0.05) is 80.5 Å². The van der Waals surface area contributed by atoms with Gasteiger partial charge in [-0.05, 0) is 61.3 Å². The zero-order valence-electron chi connectivity index (χ0n) is 17.4. The van der Waals surface area contributed by atoms with Crippen LogP contribution in [0.1, 0.15) is 87.3 Å². The summed E-state index contributed by atoms with van der Waals surface area (Å²) in [7, 11) is 0. The van der Waals surface area contributed by atoms with Gasteiger partial charge in [-0.15, -0.1) is 0 Å². The fraction of sp³-hybridized carbons (Fsp3) is 0.481. The zero-order chi connectivity index (χ0) is 19.4. The van der Waals surface area contributed by atoms with E-state index in [1.165, 1.54) is 62.5 Å². The van der Waals surface area contributed by atoms with E-state index < -0.39 is 0 Å². The van der Waals surface area contributed by atoms with Crippen LogP contribution in [0.4, 0.5) is 0 Å². The van der Waals surface area contributed by atoms with Crippen LogP contribution in [0.15, 0.2) is 54.6 Å². The molecule has 3 rings (SSSR count). The number of unbranched alkanes of at least 4 members (excludes halogenated alkanes) is 4. The topological polar surface area (TPSA) is 12.0 Å². The van der Waals surface area contributed by atoms with Gasteiger partial charge in [0.15, 0.2) is 0 Å². The van der Waals surface area contributed by atoms with E-state index in [4.69, 9.17) is 0 Å². The van der Waals surface area contributed by atoms with Gasteiger partial charge in [0.25, 0.3) is 0 Å². The van der Waals surface area contributed by atoms with Gasteiger partial charge in [0.1, 0.15) is 0 Å². The summed E-state index contributed by atoms with van der Waals surface area (Å²) in [6.07, 6.45) is 11.3. The highest BCUT2D eigenvalue weighted by Crippen LogP contribution is 2.33. The second kappa shape index (κ2) is 11.7. The molecule has 28 heavy (non-hydrogen) atoms. The lowest BCUT2D eigenvalue weighted by molar-refractivity contribution is 0.341. The lowest BCUT2D eigenvalue weighted by atomic mass is 9.81. The predicted molar refractivity (Wildman–Crippen MR) is 120 cm³/mol. The minimum atomic E-state index is 0.661. The summed E-state index contributed by atoms with van der Waals surface area (Å²) in [6.45, 7) is 3.24. The molecule has 0 aliphatic heterocycles. The molecular formula is C27H35N. The molecule has 0 bridgehead atoms. The molecule has 0 radical (unpaired) electrons. The van der Waals surface area contributed by atoms with Crippen molar-refractivity contribution in [2.24, 2.45) is 0 Å². The van der Waals surface area contributed by atoms with Crippen LogP contribution in [0, 0.1) is 11.8 Å². The van der Waals surface area contributed by atoms with Crippen molar-refractivity contribution in [3.8, 4) is 11.8 Å². The highest BCUT2D eigenvalue weighted by atomic mass is 14.9. The van der Waals surface area contributed by atoms with Gasteiger partial charge < -0.3 is 5.32 Å². The second-order valence-corrected chi connectivity index (χ2v) is 8.15. The molecule has 0 aromatic heterocycles. The first-order valence-electron chi connectivity index (χ1n) is 11.2. The van der Waals surface area contributed by atoms with Gasteiger partial charge >= 0.3 is 0 Å².